The molecule has 1 fully saturated rings. The van der Waals surface area contributed by atoms with Crippen molar-refractivity contribution in [1.29, 1.82) is 0 Å². The number of carbonyl (C=O) groups excluding carboxylic acids is 1. The minimum Gasteiger partial charge on any atom is -0.406 e. The molecule has 10 heteroatoms. The number of nitrogens with zero attached hydrogens (tertiary/aromatic N) is 2. The number of hydrogen-bond donors (Lipinski definition) is 0. The lowest BCUT2D eigenvalue weighted by Crippen LogP contribution is -2.61. The molecule has 4 nitrogen and oxygen atoms in total. The van der Waals surface area contributed by atoms with E-state index in [9.17, 15) is 31.1 Å². The second kappa shape index (κ2) is 9.41. The van der Waals surface area contributed by atoms with Gasteiger partial charge in [0.05, 0.1) is 5.54 Å². The van der Waals surface area contributed by atoms with Gasteiger partial charge in [-0.25, -0.2) is 13.2 Å². The standard InChI is InChI=1S/C27H22F6N2O2/c28-19-2-7-22-18(14-19)15-26(9-11-34(12-10-26)16-17-1-8-23(29)24(30)13-17)35(25(22)36)20-3-5-21(6-4-20)37-27(31,32)33/h1-8,13-14H,9-12,15-16H2. The molecule has 2 aliphatic rings. The molecular weight excluding hydrogens is 498 g/mol. The van der Waals surface area contributed by atoms with E-state index in [0.717, 1.165) is 24.3 Å². The number of piperidine rings is 1. The van der Waals surface area contributed by atoms with E-state index in [1.807, 2.05) is 0 Å². The molecule has 194 valence electrons. The number of anilines is 1. The summed E-state index contributed by atoms with van der Waals surface area (Å²) in [5, 5.41) is 0. The van der Waals surface area contributed by atoms with Gasteiger partial charge in [-0.3, -0.25) is 9.69 Å². The van der Waals surface area contributed by atoms with E-state index in [0.29, 0.717) is 61.3 Å². The molecule has 1 amide bonds. The maximum absolute atomic E-state index is 14.0. The number of halogens is 6. The van der Waals surface area contributed by atoms with Gasteiger partial charge in [0.25, 0.3) is 5.91 Å². The van der Waals surface area contributed by atoms with Crippen molar-refractivity contribution in [3.63, 3.8) is 0 Å². The first-order chi connectivity index (χ1) is 17.5. The molecule has 2 heterocycles. The molecule has 2 aliphatic heterocycles. The number of hydrogen-bond acceptors (Lipinski definition) is 3. The summed E-state index contributed by atoms with van der Waals surface area (Å²) in [4.78, 5) is 17.3. The Kier molecular flexibility index (Phi) is 6.39. The van der Waals surface area contributed by atoms with Crippen molar-refractivity contribution in [3.05, 3.63) is 94.8 Å². The first-order valence-corrected chi connectivity index (χ1v) is 11.7. The molecule has 0 N–H and O–H groups in total. The first-order valence-electron chi connectivity index (χ1n) is 11.7. The average molecular weight is 520 g/mol. The minimum atomic E-state index is -4.84. The van der Waals surface area contributed by atoms with Crippen LogP contribution in [0.2, 0.25) is 0 Å². The molecule has 0 saturated carbocycles. The Morgan fingerprint density at radius 1 is 0.865 bits per heavy atom. The number of carbonyl (C=O) groups is 1. The quantitative estimate of drug-likeness (QED) is 0.382. The van der Waals surface area contributed by atoms with E-state index >= 15 is 0 Å². The third kappa shape index (κ3) is 5.16. The Labute approximate surface area is 209 Å². The summed E-state index contributed by atoms with van der Waals surface area (Å²) < 4.78 is 82.8. The molecule has 5 rings (SSSR count). The van der Waals surface area contributed by atoms with E-state index in [2.05, 4.69) is 9.64 Å². The second-order valence-electron chi connectivity index (χ2n) is 9.41. The zero-order valence-corrected chi connectivity index (χ0v) is 19.5. The topological polar surface area (TPSA) is 32.8 Å². The molecule has 3 aromatic rings. The van der Waals surface area contributed by atoms with Crippen LogP contribution < -0.4 is 9.64 Å². The lowest BCUT2D eigenvalue weighted by Gasteiger charge is -2.51. The Hall–Kier alpha value is -3.53. The van der Waals surface area contributed by atoms with Crippen molar-refractivity contribution in [3.8, 4) is 5.75 Å². The Morgan fingerprint density at radius 3 is 2.22 bits per heavy atom. The van der Waals surface area contributed by atoms with Crippen LogP contribution >= 0.6 is 0 Å². The summed E-state index contributed by atoms with van der Waals surface area (Å²) in [7, 11) is 0. The summed E-state index contributed by atoms with van der Waals surface area (Å²) in [6.45, 7) is 1.42. The van der Waals surface area contributed by atoms with E-state index < -0.39 is 35.1 Å². The number of rotatable bonds is 4. The minimum absolute atomic E-state index is 0.340. The van der Waals surface area contributed by atoms with Crippen LogP contribution in [0, 0.1) is 17.5 Å². The van der Waals surface area contributed by atoms with Gasteiger partial charge in [0.2, 0.25) is 0 Å². The summed E-state index contributed by atoms with van der Waals surface area (Å²) in [5.41, 5.74) is 1.19. The Morgan fingerprint density at radius 2 is 1.57 bits per heavy atom. The predicted molar refractivity (Wildman–Crippen MR) is 124 cm³/mol. The van der Waals surface area contributed by atoms with Crippen molar-refractivity contribution in [2.75, 3.05) is 18.0 Å². The van der Waals surface area contributed by atoms with Crippen molar-refractivity contribution >= 4 is 11.6 Å². The summed E-state index contributed by atoms with van der Waals surface area (Å²) >= 11 is 0. The molecule has 0 aliphatic carbocycles. The molecule has 0 atom stereocenters. The first kappa shape index (κ1) is 25.1. The zero-order chi connectivity index (χ0) is 26.4. The number of ether oxygens (including phenoxy) is 1. The Balaban J connectivity index is 1.43. The van der Waals surface area contributed by atoms with E-state index in [-0.39, 0.29) is 5.91 Å². The van der Waals surface area contributed by atoms with E-state index in [1.54, 1.807) is 4.90 Å². The second-order valence-corrected chi connectivity index (χ2v) is 9.41. The molecule has 0 radical (unpaired) electrons. The number of amides is 1. The fraction of sp³-hybridized carbons (Fsp3) is 0.296. The SMILES string of the molecule is O=C1c2ccc(F)cc2CC2(CCN(Cc3ccc(F)c(F)c3)CC2)N1c1ccc(OC(F)(F)F)cc1. The fourth-order valence-electron chi connectivity index (χ4n) is 5.30. The van der Waals surface area contributed by atoms with Crippen molar-refractivity contribution in [2.45, 2.75) is 37.7 Å². The maximum atomic E-state index is 14.0. The van der Waals surface area contributed by atoms with Crippen molar-refractivity contribution in [2.24, 2.45) is 0 Å². The van der Waals surface area contributed by atoms with Gasteiger partial charge in [0.1, 0.15) is 11.6 Å². The Bertz CT molecular complexity index is 1320. The number of likely N-dealkylation sites (tertiary alicyclic amines) is 1. The van der Waals surface area contributed by atoms with Gasteiger partial charge in [0.15, 0.2) is 11.6 Å². The number of alkyl halides is 3. The van der Waals surface area contributed by atoms with E-state index in [4.69, 9.17) is 0 Å². The molecule has 3 aromatic carbocycles. The third-order valence-corrected chi connectivity index (χ3v) is 7.00. The molecule has 0 bridgehead atoms. The zero-order valence-electron chi connectivity index (χ0n) is 19.5. The van der Waals surface area contributed by atoms with Gasteiger partial charge < -0.3 is 9.64 Å². The van der Waals surface area contributed by atoms with Crippen molar-refractivity contribution in [1.82, 2.24) is 4.90 Å². The molecule has 1 spiro atoms. The molecular formula is C27H22F6N2O2. The van der Waals surface area contributed by atoms with Crippen LogP contribution in [0.3, 0.4) is 0 Å². The number of benzene rings is 3. The normalized spacial score (nSPS) is 17.7. The van der Waals surface area contributed by atoms with Gasteiger partial charge in [0, 0.05) is 30.9 Å². The smallest absolute Gasteiger partial charge is 0.406 e. The van der Waals surface area contributed by atoms with Gasteiger partial charge >= 0.3 is 6.36 Å². The van der Waals surface area contributed by atoms with Crippen LogP contribution in [0.5, 0.6) is 5.75 Å². The highest BCUT2D eigenvalue weighted by molar-refractivity contribution is 6.09. The molecule has 0 unspecified atom stereocenters. The third-order valence-electron chi connectivity index (χ3n) is 7.00. The monoisotopic (exact) mass is 520 g/mol. The van der Waals surface area contributed by atoms with Gasteiger partial charge in [-0.15, -0.1) is 13.2 Å². The van der Waals surface area contributed by atoms with Gasteiger partial charge in [-0.1, -0.05) is 6.07 Å². The molecule has 1 saturated heterocycles. The summed E-state index contributed by atoms with van der Waals surface area (Å²) in [6.07, 6.45) is -3.50. The predicted octanol–water partition coefficient (Wildman–Crippen LogP) is 6.24. The van der Waals surface area contributed by atoms with Crippen LogP contribution in [-0.2, 0) is 13.0 Å². The van der Waals surface area contributed by atoms with Crippen molar-refractivity contribution < 1.29 is 35.9 Å². The highest BCUT2D eigenvalue weighted by atomic mass is 19.4. The summed E-state index contributed by atoms with van der Waals surface area (Å²) in [6, 6.07) is 12.8. The summed E-state index contributed by atoms with van der Waals surface area (Å²) in [5.74, 6) is -3.07. The van der Waals surface area contributed by atoms with E-state index in [1.165, 1.54) is 36.4 Å². The van der Waals surface area contributed by atoms with Crippen LogP contribution in [-0.4, -0.2) is 35.8 Å². The maximum Gasteiger partial charge on any atom is 0.573 e. The van der Waals surface area contributed by atoms with Crippen LogP contribution in [0.15, 0.2) is 60.7 Å². The van der Waals surface area contributed by atoms with Crippen LogP contribution in [0.1, 0.15) is 34.3 Å². The highest BCUT2D eigenvalue weighted by Gasteiger charge is 2.47. The lowest BCUT2D eigenvalue weighted by atomic mass is 9.75. The lowest BCUT2D eigenvalue weighted by molar-refractivity contribution is -0.274. The van der Waals surface area contributed by atoms with Gasteiger partial charge in [-0.05, 0) is 85.0 Å². The highest BCUT2D eigenvalue weighted by Crippen LogP contribution is 2.42. The fourth-order valence-corrected chi connectivity index (χ4v) is 5.30. The van der Waals surface area contributed by atoms with Crippen LogP contribution in [0.4, 0.5) is 32.0 Å². The number of fused-ring (bicyclic) bond motifs is 1. The van der Waals surface area contributed by atoms with Gasteiger partial charge in [-0.2, -0.15) is 0 Å². The molecule has 0 aromatic heterocycles. The average Bonchev–Trinajstić information content (AvgIpc) is 2.83. The molecule has 37 heavy (non-hydrogen) atoms. The van der Waals surface area contributed by atoms with Crippen LogP contribution in [0.25, 0.3) is 0 Å². The largest absolute Gasteiger partial charge is 0.573 e.